The summed E-state index contributed by atoms with van der Waals surface area (Å²) >= 11 is 0. The van der Waals surface area contributed by atoms with Gasteiger partial charge in [0.1, 0.15) is 22.4 Å². The number of rotatable bonds is 7. The number of hydrogen-bond donors (Lipinski definition) is 1. The second-order valence-electron chi connectivity index (χ2n) is 6.88. The zero-order valence-electron chi connectivity index (χ0n) is 17.1. The summed E-state index contributed by atoms with van der Waals surface area (Å²) in [6.45, 7) is 2.65. The van der Waals surface area contributed by atoms with Gasteiger partial charge in [-0.15, -0.1) is 0 Å². The number of nitrogens with one attached hydrogen (secondary N) is 1. The summed E-state index contributed by atoms with van der Waals surface area (Å²) in [7, 11) is -1.17. The van der Waals surface area contributed by atoms with Crippen LogP contribution in [0.2, 0.25) is 0 Å². The molecule has 30 heavy (non-hydrogen) atoms. The summed E-state index contributed by atoms with van der Waals surface area (Å²) in [5, 5.41) is 2.77. The SMILES string of the molecule is CCOc1ccc(NC(=O)[C@H]2CCCN2S(=O)(=O)c2cc(C(=O)OC)n(C)c2)cc1. The Morgan fingerprint density at radius 1 is 1.23 bits per heavy atom. The van der Waals surface area contributed by atoms with Gasteiger partial charge in [0, 0.05) is 25.5 Å². The van der Waals surface area contributed by atoms with E-state index >= 15 is 0 Å². The van der Waals surface area contributed by atoms with Gasteiger partial charge in [0.05, 0.1) is 13.7 Å². The lowest BCUT2D eigenvalue weighted by atomic mass is 10.2. The molecular weight excluding hydrogens is 410 g/mol. The van der Waals surface area contributed by atoms with Gasteiger partial charge in [-0.2, -0.15) is 4.31 Å². The van der Waals surface area contributed by atoms with Crippen LogP contribution >= 0.6 is 0 Å². The minimum absolute atomic E-state index is 0.0498. The predicted octanol–water partition coefficient (Wildman–Crippen LogP) is 2.00. The van der Waals surface area contributed by atoms with Crippen LogP contribution in [0, 0.1) is 0 Å². The number of sulfonamides is 1. The molecular formula is C20H25N3O6S. The molecule has 0 spiro atoms. The summed E-state index contributed by atoms with van der Waals surface area (Å²) in [5.74, 6) is -0.347. The van der Waals surface area contributed by atoms with Crippen molar-refractivity contribution in [3.63, 3.8) is 0 Å². The van der Waals surface area contributed by atoms with E-state index in [-0.39, 0.29) is 17.1 Å². The molecule has 0 aliphatic carbocycles. The molecule has 1 aromatic heterocycles. The summed E-state index contributed by atoms with van der Waals surface area (Å²) < 4.78 is 39.0. The first kappa shape index (κ1) is 21.8. The lowest BCUT2D eigenvalue weighted by molar-refractivity contribution is -0.119. The van der Waals surface area contributed by atoms with E-state index in [1.54, 1.807) is 31.3 Å². The van der Waals surface area contributed by atoms with E-state index in [0.29, 0.717) is 30.9 Å². The average molecular weight is 436 g/mol. The zero-order chi connectivity index (χ0) is 21.9. The van der Waals surface area contributed by atoms with Gasteiger partial charge in [-0.3, -0.25) is 4.79 Å². The van der Waals surface area contributed by atoms with Gasteiger partial charge >= 0.3 is 5.97 Å². The predicted molar refractivity (Wildman–Crippen MR) is 110 cm³/mol. The highest BCUT2D eigenvalue weighted by molar-refractivity contribution is 7.89. The number of ether oxygens (including phenoxy) is 2. The molecule has 1 aliphatic heterocycles. The molecule has 0 radical (unpaired) electrons. The lowest BCUT2D eigenvalue weighted by Crippen LogP contribution is -2.43. The number of nitrogens with zero attached hydrogens (tertiary/aromatic N) is 2. The van der Waals surface area contributed by atoms with Crippen LogP contribution in [0.3, 0.4) is 0 Å². The van der Waals surface area contributed by atoms with E-state index in [1.807, 2.05) is 6.92 Å². The summed E-state index contributed by atoms with van der Waals surface area (Å²) in [6, 6.07) is 7.32. The van der Waals surface area contributed by atoms with Crippen molar-refractivity contribution in [1.29, 1.82) is 0 Å². The molecule has 9 nitrogen and oxygen atoms in total. The fraction of sp³-hybridized carbons (Fsp3) is 0.400. The lowest BCUT2D eigenvalue weighted by Gasteiger charge is -2.23. The van der Waals surface area contributed by atoms with E-state index in [0.717, 1.165) is 0 Å². The smallest absolute Gasteiger partial charge is 0.354 e. The number of anilines is 1. The highest BCUT2D eigenvalue weighted by Crippen LogP contribution is 2.28. The Balaban J connectivity index is 1.78. The van der Waals surface area contributed by atoms with Crippen LogP contribution in [0.1, 0.15) is 30.3 Å². The van der Waals surface area contributed by atoms with Crippen molar-refractivity contribution >= 4 is 27.6 Å². The summed E-state index contributed by atoms with van der Waals surface area (Å²) in [6.07, 6.45) is 2.33. The van der Waals surface area contributed by atoms with Crippen LogP contribution in [-0.4, -0.2) is 55.5 Å². The minimum atomic E-state index is -3.96. The van der Waals surface area contributed by atoms with Crippen molar-refractivity contribution in [2.24, 2.45) is 7.05 Å². The molecule has 1 amide bonds. The second-order valence-corrected chi connectivity index (χ2v) is 8.77. The topological polar surface area (TPSA) is 107 Å². The highest BCUT2D eigenvalue weighted by Gasteiger charge is 2.40. The van der Waals surface area contributed by atoms with Crippen LogP contribution in [0.5, 0.6) is 5.75 Å². The minimum Gasteiger partial charge on any atom is -0.494 e. The number of carbonyl (C=O) groups is 2. The number of esters is 1. The van der Waals surface area contributed by atoms with Crippen molar-refractivity contribution in [3.8, 4) is 5.75 Å². The Morgan fingerprint density at radius 2 is 1.93 bits per heavy atom. The third-order valence-electron chi connectivity index (χ3n) is 4.92. The normalized spacial score (nSPS) is 17.0. The molecule has 0 unspecified atom stereocenters. The first-order chi connectivity index (χ1) is 14.3. The van der Waals surface area contributed by atoms with Crippen LogP contribution in [0.4, 0.5) is 5.69 Å². The molecule has 2 heterocycles. The number of amides is 1. The molecule has 1 aromatic carbocycles. The third-order valence-corrected chi connectivity index (χ3v) is 6.79. The van der Waals surface area contributed by atoms with E-state index in [9.17, 15) is 18.0 Å². The molecule has 0 saturated carbocycles. The fourth-order valence-electron chi connectivity index (χ4n) is 3.43. The van der Waals surface area contributed by atoms with E-state index in [1.165, 1.54) is 28.2 Å². The number of carbonyl (C=O) groups excluding carboxylic acids is 2. The average Bonchev–Trinajstić information content (AvgIpc) is 3.37. The molecule has 1 atom stereocenters. The van der Waals surface area contributed by atoms with Gasteiger partial charge < -0.3 is 19.4 Å². The fourth-order valence-corrected chi connectivity index (χ4v) is 5.16. The number of benzene rings is 1. The van der Waals surface area contributed by atoms with Crippen molar-refractivity contribution in [3.05, 3.63) is 42.2 Å². The van der Waals surface area contributed by atoms with Crippen molar-refractivity contribution < 1.29 is 27.5 Å². The Labute approximate surface area is 175 Å². The van der Waals surface area contributed by atoms with Gasteiger partial charge in [0.25, 0.3) is 0 Å². The van der Waals surface area contributed by atoms with Gasteiger partial charge in [-0.05, 0) is 50.1 Å². The van der Waals surface area contributed by atoms with Crippen LogP contribution in [0.25, 0.3) is 0 Å². The Bertz CT molecular complexity index is 1030. The number of methoxy groups -OCH3 is 1. The Hall–Kier alpha value is -2.85. The van der Waals surface area contributed by atoms with Crippen molar-refractivity contribution in [1.82, 2.24) is 8.87 Å². The van der Waals surface area contributed by atoms with Gasteiger partial charge in [-0.1, -0.05) is 0 Å². The molecule has 1 N–H and O–H groups in total. The molecule has 162 valence electrons. The molecule has 1 aliphatic rings. The Morgan fingerprint density at radius 3 is 2.57 bits per heavy atom. The molecule has 1 fully saturated rings. The number of hydrogen-bond acceptors (Lipinski definition) is 6. The summed E-state index contributed by atoms with van der Waals surface area (Å²) in [4.78, 5) is 24.6. The molecule has 1 saturated heterocycles. The van der Waals surface area contributed by atoms with Crippen molar-refractivity contribution in [2.75, 3.05) is 25.6 Å². The molecule has 2 aromatic rings. The maximum Gasteiger partial charge on any atom is 0.354 e. The zero-order valence-corrected chi connectivity index (χ0v) is 17.9. The molecule has 0 bridgehead atoms. The van der Waals surface area contributed by atoms with Crippen LogP contribution in [0.15, 0.2) is 41.4 Å². The largest absolute Gasteiger partial charge is 0.494 e. The first-order valence-corrected chi connectivity index (χ1v) is 11.0. The van der Waals surface area contributed by atoms with E-state index in [2.05, 4.69) is 10.1 Å². The van der Waals surface area contributed by atoms with Gasteiger partial charge in [0.15, 0.2) is 0 Å². The molecule has 10 heteroatoms. The quantitative estimate of drug-likeness (QED) is 0.667. The van der Waals surface area contributed by atoms with Gasteiger partial charge in [-0.25, -0.2) is 13.2 Å². The second kappa shape index (κ2) is 8.88. The Kier molecular flexibility index (Phi) is 6.47. The number of aryl methyl sites for hydroxylation is 1. The molecule has 3 rings (SSSR count). The third kappa shape index (κ3) is 4.34. The first-order valence-electron chi connectivity index (χ1n) is 9.58. The highest BCUT2D eigenvalue weighted by atomic mass is 32.2. The summed E-state index contributed by atoms with van der Waals surface area (Å²) in [5.41, 5.74) is 0.672. The van der Waals surface area contributed by atoms with Crippen molar-refractivity contribution in [2.45, 2.75) is 30.7 Å². The van der Waals surface area contributed by atoms with Gasteiger partial charge in [0.2, 0.25) is 15.9 Å². The standard InChI is InChI=1S/C20H25N3O6S/c1-4-29-15-9-7-14(8-10-15)21-19(24)17-6-5-11-23(17)30(26,27)16-12-18(20(25)28-3)22(2)13-16/h7-10,12-13,17H,4-6,11H2,1-3H3,(H,21,24)/t17-/m1/s1. The maximum absolute atomic E-state index is 13.2. The monoisotopic (exact) mass is 435 g/mol. The van der Waals surface area contributed by atoms with Crippen LogP contribution < -0.4 is 10.1 Å². The maximum atomic E-state index is 13.2. The van der Waals surface area contributed by atoms with E-state index < -0.39 is 27.9 Å². The van der Waals surface area contributed by atoms with E-state index in [4.69, 9.17) is 4.74 Å². The number of aromatic nitrogens is 1. The van der Waals surface area contributed by atoms with Crippen LogP contribution in [-0.2, 0) is 26.6 Å².